The Kier molecular flexibility index (Phi) is 6.28. The van der Waals surface area contributed by atoms with E-state index in [1.807, 2.05) is 33.2 Å². The number of aromatic nitrogens is 3. The fourth-order valence-corrected chi connectivity index (χ4v) is 3.33. The average molecular weight is 414 g/mol. The lowest BCUT2D eigenvalue weighted by atomic mass is 10.2. The SMILES string of the molecule is Cc1nc(COc2ccc(C(=O)NCC(=O)Nc3c(C)nn(C)c3C)cc2)cs1. The third kappa shape index (κ3) is 5.20. The minimum atomic E-state index is -0.332. The van der Waals surface area contributed by atoms with Crippen LogP contribution in [0, 0.1) is 20.8 Å². The van der Waals surface area contributed by atoms with E-state index in [1.165, 1.54) is 0 Å². The highest BCUT2D eigenvalue weighted by atomic mass is 32.1. The molecule has 0 saturated heterocycles. The summed E-state index contributed by atoms with van der Waals surface area (Å²) in [5, 5.41) is 12.6. The monoisotopic (exact) mass is 413 g/mol. The number of amides is 2. The van der Waals surface area contributed by atoms with Crippen LogP contribution >= 0.6 is 11.3 Å². The molecule has 3 aromatic rings. The summed E-state index contributed by atoms with van der Waals surface area (Å²) in [6.07, 6.45) is 0. The summed E-state index contributed by atoms with van der Waals surface area (Å²) < 4.78 is 7.37. The van der Waals surface area contributed by atoms with Gasteiger partial charge >= 0.3 is 0 Å². The number of hydrogen-bond acceptors (Lipinski definition) is 6. The van der Waals surface area contributed by atoms with Crippen LogP contribution in [0.2, 0.25) is 0 Å². The van der Waals surface area contributed by atoms with Crippen molar-refractivity contribution in [2.24, 2.45) is 7.05 Å². The number of benzene rings is 1. The van der Waals surface area contributed by atoms with Crippen LogP contribution in [0.1, 0.15) is 32.4 Å². The van der Waals surface area contributed by atoms with Crippen LogP contribution < -0.4 is 15.4 Å². The van der Waals surface area contributed by atoms with E-state index in [2.05, 4.69) is 20.7 Å². The number of rotatable bonds is 7. The number of ether oxygens (including phenoxy) is 1. The van der Waals surface area contributed by atoms with Crippen LogP contribution in [0.3, 0.4) is 0 Å². The van der Waals surface area contributed by atoms with Gasteiger partial charge in [0.2, 0.25) is 5.91 Å². The van der Waals surface area contributed by atoms with Crippen molar-refractivity contribution in [3.05, 3.63) is 57.3 Å². The fourth-order valence-electron chi connectivity index (χ4n) is 2.74. The highest BCUT2D eigenvalue weighted by molar-refractivity contribution is 7.09. The first-order valence-corrected chi connectivity index (χ1v) is 9.93. The number of carbonyl (C=O) groups is 2. The number of nitrogens with one attached hydrogen (secondary N) is 2. The van der Waals surface area contributed by atoms with Crippen molar-refractivity contribution >= 4 is 28.8 Å². The second-order valence-electron chi connectivity index (χ2n) is 6.57. The highest BCUT2D eigenvalue weighted by Crippen LogP contribution is 2.18. The molecule has 0 saturated carbocycles. The van der Waals surface area contributed by atoms with Crippen molar-refractivity contribution in [1.82, 2.24) is 20.1 Å². The molecule has 2 aromatic heterocycles. The Morgan fingerprint density at radius 2 is 1.90 bits per heavy atom. The molecular weight excluding hydrogens is 390 g/mol. The van der Waals surface area contributed by atoms with E-state index < -0.39 is 0 Å². The Hall–Kier alpha value is -3.20. The molecule has 0 atom stereocenters. The molecule has 9 heteroatoms. The first kappa shape index (κ1) is 20.5. The zero-order valence-corrected chi connectivity index (χ0v) is 17.6. The van der Waals surface area contributed by atoms with Crippen LogP contribution in [0.5, 0.6) is 5.75 Å². The van der Waals surface area contributed by atoms with Gasteiger partial charge < -0.3 is 15.4 Å². The fraction of sp³-hybridized carbons (Fsp3) is 0.300. The normalized spacial score (nSPS) is 10.6. The van der Waals surface area contributed by atoms with Crippen molar-refractivity contribution in [2.75, 3.05) is 11.9 Å². The molecular formula is C20H23N5O3S. The highest BCUT2D eigenvalue weighted by Gasteiger charge is 2.14. The van der Waals surface area contributed by atoms with Gasteiger partial charge in [0, 0.05) is 18.0 Å². The van der Waals surface area contributed by atoms with Crippen LogP contribution in [-0.2, 0) is 18.4 Å². The molecule has 3 rings (SSSR count). The molecule has 0 spiro atoms. The van der Waals surface area contributed by atoms with E-state index in [0.29, 0.717) is 23.6 Å². The van der Waals surface area contributed by atoms with E-state index in [0.717, 1.165) is 22.1 Å². The van der Waals surface area contributed by atoms with E-state index in [1.54, 1.807) is 40.3 Å². The summed E-state index contributed by atoms with van der Waals surface area (Å²) in [6, 6.07) is 6.75. The first-order chi connectivity index (χ1) is 13.8. The maximum Gasteiger partial charge on any atom is 0.251 e. The second-order valence-corrected chi connectivity index (χ2v) is 7.63. The largest absolute Gasteiger partial charge is 0.487 e. The Morgan fingerprint density at radius 1 is 1.17 bits per heavy atom. The van der Waals surface area contributed by atoms with Crippen molar-refractivity contribution in [3.63, 3.8) is 0 Å². The van der Waals surface area contributed by atoms with Gasteiger partial charge in [0.15, 0.2) is 0 Å². The molecule has 2 amide bonds. The minimum absolute atomic E-state index is 0.131. The van der Waals surface area contributed by atoms with Crippen LogP contribution in [-0.4, -0.2) is 33.1 Å². The molecule has 0 unspecified atom stereocenters. The third-order valence-electron chi connectivity index (χ3n) is 4.35. The second kappa shape index (κ2) is 8.87. The molecule has 152 valence electrons. The quantitative estimate of drug-likeness (QED) is 0.621. The molecule has 0 radical (unpaired) electrons. The Labute approximate surface area is 172 Å². The predicted octanol–water partition coefficient (Wildman–Crippen LogP) is 2.75. The smallest absolute Gasteiger partial charge is 0.251 e. The zero-order valence-electron chi connectivity index (χ0n) is 16.8. The summed E-state index contributed by atoms with van der Waals surface area (Å²) in [5.41, 5.74) is 3.57. The van der Waals surface area contributed by atoms with Gasteiger partial charge in [-0.2, -0.15) is 5.10 Å². The standard InChI is InChI=1S/C20H23N5O3S/c1-12-19(13(2)25(4)24-12)23-18(26)9-21-20(27)15-5-7-17(8-6-15)28-10-16-11-29-14(3)22-16/h5-8,11H,9-10H2,1-4H3,(H,21,27)(H,23,26). The molecule has 1 aromatic carbocycles. The van der Waals surface area contributed by atoms with Gasteiger partial charge in [0.05, 0.1) is 34.3 Å². The van der Waals surface area contributed by atoms with Crippen LogP contribution in [0.25, 0.3) is 0 Å². The van der Waals surface area contributed by atoms with Gasteiger partial charge in [-0.1, -0.05) is 0 Å². The lowest BCUT2D eigenvalue weighted by Crippen LogP contribution is -2.33. The van der Waals surface area contributed by atoms with Gasteiger partial charge in [0.25, 0.3) is 5.91 Å². The lowest BCUT2D eigenvalue weighted by Gasteiger charge is -2.08. The van der Waals surface area contributed by atoms with Gasteiger partial charge in [-0.25, -0.2) is 4.98 Å². The molecule has 2 N–H and O–H groups in total. The minimum Gasteiger partial charge on any atom is -0.487 e. The van der Waals surface area contributed by atoms with Gasteiger partial charge in [-0.05, 0) is 45.0 Å². The van der Waals surface area contributed by atoms with Crippen molar-refractivity contribution in [2.45, 2.75) is 27.4 Å². The number of carbonyl (C=O) groups excluding carboxylic acids is 2. The number of hydrogen-bond donors (Lipinski definition) is 2. The maximum absolute atomic E-state index is 12.3. The van der Waals surface area contributed by atoms with Gasteiger partial charge in [-0.3, -0.25) is 14.3 Å². The van der Waals surface area contributed by atoms with Gasteiger partial charge in [0.1, 0.15) is 12.4 Å². The van der Waals surface area contributed by atoms with E-state index >= 15 is 0 Å². The maximum atomic E-state index is 12.3. The number of aryl methyl sites for hydroxylation is 3. The third-order valence-corrected chi connectivity index (χ3v) is 5.18. The molecule has 0 fully saturated rings. The summed E-state index contributed by atoms with van der Waals surface area (Å²) in [4.78, 5) is 28.8. The molecule has 0 aliphatic carbocycles. The lowest BCUT2D eigenvalue weighted by molar-refractivity contribution is -0.115. The molecule has 0 aliphatic rings. The molecule has 2 heterocycles. The van der Waals surface area contributed by atoms with Crippen molar-refractivity contribution in [1.29, 1.82) is 0 Å². The van der Waals surface area contributed by atoms with Crippen LogP contribution in [0.4, 0.5) is 5.69 Å². The van der Waals surface area contributed by atoms with Gasteiger partial charge in [-0.15, -0.1) is 11.3 Å². The average Bonchev–Trinajstić information content (AvgIpc) is 3.22. The summed E-state index contributed by atoms with van der Waals surface area (Å²) in [7, 11) is 1.81. The molecule has 0 bridgehead atoms. The number of nitrogens with zero attached hydrogens (tertiary/aromatic N) is 3. The predicted molar refractivity (Wildman–Crippen MR) is 111 cm³/mol. The molecule has 29 heavy (non-hydrogen) atoms. The topological polar surface area (TPSA) is 98.1 Å². The number of thiazole rings is 1. The Bertz CT molecular complexity index is 1020. The molecule has 8 nitrogen and oxygen atoms in total. The van der Waals surface area contributed by atoms with Crippen LogP contribution in [0.15, 0.2) is 29.6 Å². The summed E-state index contributed by atoms with van der Waals surface area (Å²) in [6.45, 7) is 5.88. The summed E-state index contributed by atoms with van der Waals surface area (Å²) >= 11 is 1.58. The van der Waals surface area contributed by atoms with E-state index in [9.17, 15) is 9.59 Å². The molecule has 0 aliphatic heterocycles. The van der Waals surface area contributed by atoms with E-state index in [4.69, 9.17) is 4.74 Å². The Morgan fingerprint density at radius 3 is 2.48 bits per heavy atom. The van der Waals surface area contributed by atoms with Crippen molar-refractivity contribution < 1.29 is 14.3 Å². The van der Waals surface area contributed by atoms with E-state index in [-0.39, 0.29) is 18.4 Å². The number of anilines is 1. The Balaban J connectivity index is 1.49. The summed E-state index contributed by atoms with van der Waals surface area (Å²) in [5.74, 6) is 0.00462. The zero-order chi connectivity index (χ0) is 21.0. The first-order valence-electron chi connectivity index (χ1n) is 9.05. The van der Waals surface area contributed by atoms with Crippen molar-refractivity contribution in [3.8, 4) is 5.75 Å².